The second kappa shape index (κ2) is 9.16. The van der Waals surface area contributed by atoms with Crippen molar-refractivity contribution in [3.8, 4) is 5.75 Å². The van der Waals surface area contributed by atoms with Crippen molar-refractivity contribution in [3.63, 3.8) is 0 Å². The molecule has 1 amide bonds. The number of amides is 1. The summed E-state index contributed by atoms with van der Waals surface area (Å²) in [5.41, 5.74) is 1.90. The maximum absolute atomic E-state index is 13.1. The third-order valence-corrected chi connectivity index (χ3v) is 6.34. The normalized spacial score (nSPS) is 15.4. The number of nitrogens with zero attached hydrogens (tertiary/aromatic N) is 2. The van der Waals surface area contributed by atoms with Crippen LogP contribution < -0.4 is 15.6 Å². The van der Waals surface area contributed by atoms with Gasteiger partial charge in [0.25, 0.3) is 5.56 Å². The smallest absolute Gasteiger partial charge is 0.279 e. The van der Waals surface area contributed by atoms with Gasteiger partial charge in [0.2, 0.25) is 5.91 Å². The Balaban J connectivity index is 1.65. The number of benzene rings is 2. The van der Waals surface area contributed by atoms with E-state index in [1.165, 1.54) is 23.9 Å². The predicted octanol–water partition coefficient (Wildman–Crippen LogP) is 4.47. The molecule has 3 aromatic rings. The minimum atomic E-state index is -0.380. The number of halogens is 1. The monoisotopic (exact) mass is 453 g/mol. The highest BCUT2D eigenvalue weighted by Crippen LogP contribution is 2.36. The Kier molecular flexibility index (Phi) is 6.32. The van der Waals surface area contributed by atoms with E-state index in [4.69, 9.17) is 4.74 Å². The first-order valence-electron chi connectivity index (χ1n) is 10.4. The molecule has 0 saturated heterocycles. The van der Waals surface area contributed by atoms with Crippen LogP contribution in [-0.2, 0) is 17.6 Å². The van der Waals surface area contributed by atoms with Crippen molar-refractivity contribution in [1.82, 2.24) is 9.55 Å². The highest BCUT2D eigenvalue weighted by atomic mass is 32.2. The highest BCUT2D eigenvalue weighted by Gasteiger charge is 2.32. The Morgan fingerprint density at radius 1 is 1.16 bits per heavy atom. The van der Waals surface area contributed by atoms with Gasteiger partial charge >= 0.3 is 0 Å². The van der Waals surface area contributed by atoms with E-state index in [-0.39, 0.29) is 35.7 Å². The van der Waals surface area contributed by atoms with Crippen molar-refractivity contribution < 1.29 is 13.9 Å². The maximum Gasteiger partial charge on any atom is 0.279 e. The van der Waals surface area contributed by atoms with Crippen molar-refractivity contribution in [2.45, 2.75) is 43.2 Å². The second-order valence-corrected chi connectivity index (χ2v) is 8.92. The van der Waals surface area contributed by atoms with Gasteiger partial charge in [-0.3, -0.25) is 9.59 Å². The van der Waals surface area contributed by atoms with Crippen molar-refractivity contribution >= 4 is 23.5 Å². The zero-order valence-electron chi connectivity index (χ0n) is 18.1. The summed E-state index contributed by atoms with van der Waals surface area (Å²) >= 11 is 1.36. The van der Waals surface area contributed by atoms with Crippen LogP contribution in [0.1, 0.15) is 42.9 Å². The molecule has 0 aliphatic carbocycles. The van der Waals surface area contributed by atoms with E-state index in [0.717, 1.165) is 16.9 Å². The summed E-state index contributed by atoms with van der Waals surface area (Å²) < 4.78 is 20.6. The molecule has 4 rings (SSSR count). The largest absolute Gasteiger partial charge is 0.491 e. The van der Waals surface area contributed by atoms with Crippen LogP contribution in [0.2, 0.25) is 0 Å². The molecular formula is C24H24FN3O3S. The number of anilines is 1. The highest BCUT2D eigenvalue weighted by molar-refractivity contribution is 7.98. The average molecular weight is 454 g/mol. The number of carbonyl (C=O) groups is 1. The lowest BCUT2D eigenvalue weighted by Gasteiger charge is -2.27. The molecule has 6 nitrogen and oxygen atoms in total. The van der Waals surface area contributed by atoms with Crippen LogP contribution in [0, 0.1) is 5.82 Å². The van der Waals surface area contributed by atoms with E-state index in [2.05, 4.69) is 10.3 Å². The quantitative estimate of drug-likeness (QED) is 0.440. The third kappa shape index (κ3) is 4.70. The summed E-state index contributed by atoms with van der Waals surface area (Å²) in [4.78, 5) is 29.8. The molecule has 0 fully saturated rings. The number of carbonyl (C=O) groups excluding carboxylic acids is 1. The predicted molar refractivity (Wildman–Crippen MR) is 123 cm³/mol. The fraction of sp³-hybridized carbons (Fsp3) is 0.292. The Labute approximate surface area is 189 Å². The molecule has 1 N–H and O–H groups in total. The number of nitrogens with one attached hydrogen (secondary N) is 1. The molecule has 8 heteroatoms. The van der Waals surface area contributed by atoms with Gasteiger partial charge in [-0.15, -0.1) is 0 Å². The van der Waals surface area contributed by atoms with Crippen LogP contribution in [0.4, 0.5) is 10.2 Å². The third-order valence-electron chi connectivity index (χ3n) is 5.24. The summed E-state index contributed by atoms with van der Waals surface area (Å²) in [7, 11) is 1.78. The fourth-order valence-corrected chi connectivity index (χ4v) is 4.65. The molecule has 1 atom stereocenters. The number of fused-ring (bicyclic) bond motifs is 1. The Morgan fingerprint density at radius 3 is 2.50 bits per heavy atom. The summed E-state index contributed by atoms with van der Waals surface area (Å²) in [6.07, 6.45) is 0.237. The van der Waals surface area contributed by atoms with Crippen molar-refractivity contribution in [3.05, 3.63) is 81.4 Å². The standard InChI is InChI=1S/C24H24FN3O3S/c1-14(2)31-18-10-6-16(7-11-18)19-12-20(29)26-22-21(19)23(30)27-24(28(22)3)32-13-15-4-8-17(25)9-5-15/h4-11,14,19H,12-13H2,1-3H3,(H,26,29)/t19-/m1/s1. The summed E-state index contributed by atoms with van der Waals surface area (Å²) in [6.45, 7) is 3.91. The molecule has 0 radical (unpaired) electrons. The molecule has 166 valence electrons. The zero-order valence-corrected chi connectivity index (χ0v) is 18.9. The first-order valence-corrected chi connectivity index (χ1v) is 11.3. The minimum absolute atomic E-state index is 0.0596. The number of ether oxygens (including phenoxy) is 1. The molecule has 0 unspecified atom stereocenters. The lowest BCUT2D eigenvalue weighted by Crippen LogP contribution is -2.33. The minimum Gasteiger partial charge on any atom is -0.491 e. The topological polar surface area (TPSA) is 73.2 Å². The lowest BCUT2D eigenvalue weighted by atomic mass is 9.87. The fourth-order valence-electron chi connectivity index (χ4n) is 3.73. The van der Waals surface area contributed by atoms with E-state index in [9.17, 15) is 14.0 Å². The van der Waals surface area contributed by atoms with Gasteiger partial charge < -0.3 is 14.6 Å². The van der Waals surface area contributed by atoms with Crippen molar-refractivity contribution in [2.24, 2.45) is 7.05 Å². The van der Waals surface area contributed by atoms with Gasteiger partial charge in [-0.05, 0) is 49.2 Å². The van der Waals surface area contributed by atoms with Crippen LogP contribution in [0.5, 0.6) is 5.75 Å². The van der Waals surface area contributed by atoms with E-state index in [1.807, 2.05) is 38.1 Å². The maximum atomic E-state index is 13.1. The molecule has 1 aliphatic rings. The van der Waals surface area contributed by atoms with Crippen LogP contribution in [0.3, 0.4) is 0 Å². The number of hydrogen-bond donors (Lipinski definition) is 1. The van der Waals surface area contributed by atoms with Crippen LogP contribution in [0.25, 0.3) is 0 Å². The second-order valence-electron chi connectivity index (χ2n) is 7.98. The molecule has 1 aromatic heterocycles. The molecule has 2 aromatic carbocycles. The average Bonchev–Trinajstić information content (AvgIpc) is 2.76. The molecule has 1 aliphatic heterocycles. The van der Waals surface area contributed by atoms with Gasteiger partial charge in [0.15, 0.2) is 5.16 Å². The van der Waals surface area contributed by atoms with E-state index >= 15 is 0 Å². The molecule has 0 saturated carbocycles. The molecule has 0 spiro atoms. The number of rotatable bonds is 6. The Bertz CT molecular complexity index is 1190. The molecular weight excluding hydrogens is 429 g/mol. The number of hydrogen-bond acceptors (Lipinski definition) is 5. The first kappa shape index (κ1) is 22.1. The number of aromatic nitrogens is 2. The van der Waals surface area contributed by atoms with Gasteiger partial charge in [-0.25, -0.2) is 4.39 Å². The van der Waals surface area contributed by atoms with Crippen LogP contribution >= 0.6 is 11.8 Å². The summed E-state index contributed by atoms with van der Waals surface area (Å²) in [5.74, 6) is 0.900. The van der Waals surface area contributed by atoms with Crippen molar-refractivity contribution in [1.29, 1.82) is 0 Å². The van der Waals surface area contributed by atoms with Gasteiger partial charge in [-0.2, -0.15) is 4.98 Å². The Hall–Kier alpha value is -3.13. The van der Waals surface area contributed by atoms with E-state index in [0.29, 0.717) is 22.3 Å². The summed E-state index contributed by atoms with van der Waals surface area (Å²) in [6, 6.07) is 13.7. The molecule has 32 heavy (non-hydrogen) atoms. The van der Waals surface area contributed by atoms with Crippen molar-refractivity contribution in [2.75, 3.05) is 5.32 Å². The van der Waals surface area contributed by atoms with Gasteiger partial charge in [0.1, 0.15) is 17.4 Å². The van der Waals surface area contributed by atoms with Gasteiger partial charge in [0, 0.05) is 25.1 Å². The van der Waals surface area contributed by atoms with Gasteiger partial charge in [0.05, 0.1) is 11.7 Å². The van der Waals surface area contributed by atoms with E-state index < -0.39 is 0 Å². The molecule has 2 heterocycles. The van der Waals surface area contributed by atoms with Crippen LogP contribution in [-0.4, -0.2) is 21.6 Å². The SMILES string of the molecule is CC(C)Oc1ccc([C@H]2CC(=O)Nc3c2c(=O)nc(SCc2ccc(F)cc2)n3C)cc1. The van der Waals surface area contributed by atoms with Gasteiger partial charge in [-0.1, -0.05) is 36.0 Å². The summed E-state index contributed by atoms with van der Waals surface area (Å²) in [5, 5.41) is 3.33. The van der Waals surface area contributed by atoms with E-state index in [1.54, 1.807) is 23.7 Å². The Morgan fingerprint density at radius 2 is 1.84 bits per heavy atom. The number of thioether (sulfide) groups is 1. The first-order chi connectivity index (χ1) is 15.3. The molecule has 0 bridgehead atoms. The zero-order chi connectivity index (χ0) is 22.8. The van der Waals surface area contributed by atoms with Crippen LogP contribution in [0.15, 0.2) is 58.5 Å². The lowest BCUT2D eigenvalue weighted by molar-refractivity contribution is -0.116.